The zero-order valence-electron chi connectivity index (χ0n) is 20.6. The highest BCUT2D eigenvalue weighted by Crippen LogP contribution is 2.35. The van der Waals surface area contributed by atoms with Gasteiger partial charge in [-0.05, 0) is 65.1 Å². The molecular formula is C30H26N6O. The van der Waals surface area contributed by atoms with Crippen LogP contribution in [-0.4, -0.2) is 31.1 Å². The summed E-state index contributed by atoms with van der Waals surface area (Å²) in [5.41, 5.74) is 8.65. The minimum atomic E-state index is -0.00790. The van der Waals surface area contributed by atoms with Crippen molar-refractivity contribution in [2.45, 2.75) is 20.3 Å². The van der Waals surface area contributed by atoms with Gasteiger partial charge in [-0.2, -0.15) is 5.10 Å². The third-order valence-corrected chi connectivity index (χ3v) is 6.42. The number of aromatic nitrogens is 5. The molecule has 4 heterocycles. The third kappa shape index (κ3) is 4.47. The minimum absolute atomic E-state index is 0.00790. The molecule has 37 heavy (non-hydrogen) atoms. The molecule has 3 N–H and O–H groups in total. The Kier molecular flexibility index (Phi) is 5.73. The molecule has 0 atom stereocenters. The van der Waals surface area contributed by atoms with Crippen molar-refractivity contribution in [3.63, 3.8) is 0 Å². The van der Waals surface area contributed by atoms with Gasteiger partial charge in [-0.25, -0.2) is 0 Å². The number of anilines is 1. The van der Waals surface area contributed by atoms with Crippen LogP contribution >= 0.6 is 0 Å². The Morgan fingerprint density at radius 3 is 2.57 bits per heavy atom. The number of nitrogens with one attached hydrogen (secondary N) is 3. The van der Waals surface area contributed by atoms with E-state index >= 15 is 0 Å². The van der Waals surface area contributed by atoms with Crippen LogP contribution in [0, 0.1) is 5.92 Å². The van der Waals surface area contributed by atoms with E-state index in [9.17, 15) is 4.79 Å². The Morgan fingerprint density at radius 2 is 1.73 bits per heavy atom. The molecule has 0 spiro atoms. The van der Waals surface area contributed by atoms with Gasteiger partial charge in [0.05, 0.1) is 23.1 Å². The standard InChI is InChI=1S/C30H26N6O/c1-18(2)12-29(37)33-22-13-21(16-32-17-22)20-6-7-27-25(14-20)30(36-35-27)28-15-24-23(4-3-5-26(24)34-28)19-8-10-31-11-9-19/h3-11,13-18,34H,12H2,1-2H3,(H,33,37)(H,35,36). The number of nitrogens with zero attached hydrogens (tertiary/aromatic N) is 3. The summed E-state index contributed by atoms with van der Waals surface area (Å²) >= 11 is 0. The molecule has 182 valence electrons. The van der Waals surface area contributed by atoms with E-state index in [2.05, 4.69) is 60.8 Å². The van der Waals surface area contributed by atoms with Crippen LogP contribution in [0.1, 0.15) is 20.3 Å². The number of carbonyl (C=O) groups is 1. The highest BCUT2D eigenvalue weighted by atomic mass is 16.1. The number of rotatable bonds is 6. The molecule has 0 bridgehead atoms. The van der Waals surface area contributed by atoms with Crippen molar-refractivity contribution in [1.82, 2.24) is 25.1 Å². The summed E-state index contributed by atoms with van der Waals surface area (Å²) in [6.45, 7) is 4.05. The van der Waals surface area contributed by atoms with Crippen LogP contribution in [0.25, 0.3) is 55.4 Å². The van der Waals surface area contributed by atoms with Crippen LogP contribution in [0.4, 0.5) is 5.69 Å². The zero-order chi connectivity index (χ0) is 25.4. The van der Waals surface area contributed by atoms with Crippen molar-refractivity contribution in [3.8, 4) is 33.6 Å². The second-order valence-electron chi connectivity index (χ2n) is 9.63. The van der Waals surface area contributed by atoms with Crippen LogP contribution in [0.5, 0.6) is 0 Å². The van der Waals surface area contributed by atoms with Crippen LogP contribution in [0.3, 0.4) is 0 Å². The maximum atomic E-state index is 12.2. The molecule has 7 heteroatoms. The first-order chi connectivity index (χ1) is 18.0. The van der Waals surface area contributed by atoms with Crippen molar-refractivity contribution >= 4 is 33.4 Å². The normalized spacial score (nSPS) is 11.4. The third-order valence-electron chi connectivity index (χ3n) is 6.42. The van der Waals surface area contributed by atoms with Gasteiger partial charge in [0.15, 0.2) is 0 Å². The number of pyridine rings is 2. The molecule has 2 aromatic carbocycles. The number of amides is 1. The van der Waals surface area contributed by atoms with E-state index in [1.54, 1.807) is 6.20 Å². The quantitative estimate of drug-likeness (QED) is 0.240. The monoisotopic (exact) mass is 486 g/mol. The fraction of sp³-hybridized carbons (Fsp3) is 0.133. The Hall–Kier alpha value is -4.78. The Balaban J connectivity index is 1.38. The SMILES string of the molecule is CC(C)CC(=O)Nc1cncc(-c2ccc3[nH]nc(-c4cc5c(-c6ccncc6)cccc5[nH]4)c3c2)c1. The first-order valence-electron chi connectivity index (χ1n) is 12.3. The van der Waals surface area contributed by atoms with Gasteiger partial charge in [-0.15, -0.1) is 0 Å². The molecule has 1 amide bonds. The molecule has 0 unspecified atom stereocenters. The Bertz CT molecular complexity index is 1730. The van der Waals surface area contributed by atoms with Crippen LogP contribution in [0.2, 0.25) is 0 Å². The maximum absolute atomic E-state index is 12.2. The van der Waals surface area contributed by atoms with Crippen molar-refractivity contribution in [1.29, 1.82) is 0 Å². The van der Waals surface area contributed by atoms with Gasteiger partial charge in [0.25, 0.3) is 0 Å². The van der Waals surface area contributed by atoms with Crippen LogP contribution < -0.4 is 5.32 Å². The molecule has 0 radical (unpaired) electrons. The van der Waals surface area contributed by atoms with E-state index in [0.717, 1.165) is 55.4 Å². The van der Waals surface area contributed by atoms with Gasteiger partial charge in [0, 0.05) is 46.9 Å². The summed E-state index contributed by atoms with van der Waals surface area (Å²) < 4.78 is 0. The summed E-state index contributed by atoms with van der Waals surface area (Å²) in [7, 11) is 0. The van der Waals surface area contributed by atoms with Crippen molar-refractivity contribution in [2.75, 3.05) is 5.32 Å². The molecule has 7 nitrogen and oxygen atoms in total. The number of fused-ring (bicyclic) bond motifs is 2. The first kappa shape index (κ1) is 22.7. The lowest BCUT2D eigenvalue weighted by Crippen LogP contribution is -2.13. The number of aromatic amines is 2. The number of benzene rings is 2. The smallest absolute Gasteiger partial charge is 0.224 e. The van der Waals surface area contributed by atoms with E-state index in [4.69, 9.17) is 0 Å². The Morgan fingerprint density at radius 1 is 0.865 bits per heavy atom. The molecule has 0 saturated carbocycles. The number of H-pyrrole nitrogens is 2. The van der Waals surface area contributed by atoms with Crippen LogP contribution in [-0.2, 0) is 4.79 Å². The van der Waals surface area contributed by atoms with Crippen molar-refractivity contribution < 1.29 is 4.79 Å². The fourth-order valence-electron chi connectivity index (χ4n) is 4.71. The molecule has 0 aliphatic carbocycles. The predicted octanol–water partition coefficient (Wildman–Crippen LogP) is 6.82. The molecule has 6 rings (SSSR count). The van der Waals surface area contributed by atoms with Crippen LogP contribution in [0.15, 0.2) is 85.5 Å². The molecule has 0 saturated heterocycles. The summed E-state index contributed by atoms with van der Waals surface area (Å²) in [6, 6.07) is 20.6. The van der Waals surface area contributed by atoms with E-state index in [1.807, 2.05) is 62.8 Å². The van der Waals surface area contributed by atoms with E-state index in [1.165, 1.54) is 0 Å². The molecule has 0 fully saturated rings. The summed E-state index contributed by atoms with van der Waals surface area (Å²) in [4.78, 5) is 24.3. The number of carbonyl (C=O) groups excluding carboxylic acids is 1. The zero-order valence-corrected chi connectivity index (χ0v) is 20.6. The average molecular weight is 487 g/mol. The van der Waals surface area contributed by atoms with Crippen molar-refractivity contribution in [2.24, 2.45) is 5.92 Å². The fourth-order valence-corrected chi connectivity index (χ4v) is 4.71. The van der Waals surface area contributed by atoms with E-state index in [-0.39, 0.29) is 5.91 Å². The molecule has 4 aromatic heterocycles. The highest BCUT2D eigenvalue weighted by Gasteiger charge is 2.15. The average Bonchev–Trinajstić information content (AvgIpc) is 3.52. The summed E-state index contributed by atoms with van der Waals surface area (Å²) in [5.74, 6) is 0.287. The van der Waals surface area contributed by atoms with E-state index in [0.29, 0.717) is 18.0 Å². The second kappa shape index (κ2) is 9.35. The van der Waals surface area contributed by atoms with Gasteiger partial charge >= 0.3 is 0 Å². The molecule has 0 aliphatic heterocycles. The minimum Gasteiger partial charge on any atom is -0.353 e. The topological polar surface area (TPSA) is 99.3 Å². The maximum Gasteiger partial charge on any atom is 0.224 e. The molecular weight excluding hydrogens is 460 g/mol. The van der Waals surface area contributed by atoms with Gasteiger partial charge in [-0.1, -0.05) is 32.0 Å². The van der Waals surface area contributed by atoms with Crippen molar-refractivity contribution in [3.05, 3.63) is 85.5 Å². The highest BCUT2D eigenvalue weighted by molar-refractivity contribution is 6.02. The number of hydrogen-bond acceptors (Lipinski definition) is 4. The Labute approximate surface area is 214 Å². The van der Waals surface area contributed by atoms with E-state index < -0.39 is 0 Å². The lowest BCUT2D eigenvalue weighted by Gasteiger charge is -2.09. The molecule has 0 aliphatic rings. The lowest BCUT2D eigenvalue weighted by molar-refractivity contribution is -0.116. The van der Waals surface area contributed by atoms with Gasteiger partial charge in [0.2, 0.25) is 5.91 Å². The molecule has 6 aromatic rings. The number of hydrogen-bond donors (Lipinski definition) is 3. The van der Waals surface area contributed by atoms with Gasteiger partial charge in [-0.3, -0.25) is 19.9 Å². The second-order valence-corrected chi connectivity index (χ2v) is 9.63. The van der Waals surface area contributed by atoms with Gasteiger partial charge in [0.1, 0.15) is 5.69 Å². The van der Waals surface area contributed by atoms with Gasteiger partial charge < -0.3 is 10.3 Å². The largest absolute Gasteiger partial charge is 0.353 e. The first-order valence-corrected chi connectivity index (χ1v) is 12.3. The predicted molar refractivity (Wildman–Crippen MR) is 148 cm³/mol. The summed E-state index contributed by atoms with van der Waals surface area (Å²) in [5, 5.41) is 12.9. The summed E-state index contributed by atoms with van der Waals surface area (Å²) in [6.07, 6.45) is 7.58. The lowest BCUT2D eigenvalue weighted by atomic mass is 10.0.